The minimum absolute atomic E-state index is 0.153. The average molecular weight is 291 g/mol. The van der Waals surface area contributed by atoms with Crippen molar-refractivity contribution in [3.8, 4) is 0 Å². The molecule has 0 heterocycles. The molecule has 1 rings (SSSR count). The molecule has 1 nitrogen and oxygen atoms in total. The fraction of sp³-hybridized carbons (Fsp3) is 0.375. The van der Waals surface area contributed by atoms with Crippen LogP contribution in [0, 0.1) is 0 Å². The topological polar surface area (TPSA) is 9.23 Å². The van der Waals surface area contributed by atoms with Crippen molar-refractivity contribution < 1.29 is 4.43 Å². The molecule has 0 aliphatic rings. The quantitative estimate of drug-likeness (QED) is 0.721. The molecule has 0 amide bonds. The minimum atomic E-state index is -2.11. The maximum absolute atomic E-state index is 6.63. The highest BCUT2D eigenvalue weighted by Crippen LogP contribution is 2.29. The molecule has 0 aliphatic heterocycles. The summed E-state index contributed by atoms with van der Waals surface area (Å²) < 4.78 is 6.63. The summed E-state index contributed by atoms with van der Waals surface area (Å²) in [4.78, 5) is 0. The van der Waals surface area contributed by atoms with Crippen LogP contribution in [-0.4, -0.2) is 21.6 Å². The van der Waals surface area contributed by atoms with E-state index in [1.807, 2.05) is 11.8 Å². The van der Waals surface area contributed by atoms with Crippen LogP contribution in [0.2, 0.25) is 19.6 Å². The third-order valence-corrected chi connectivity index (χ3v) is 11.9. The van der Waals surface area contributed by atoms with Crippen LogP contribution in [0.15, 0.2) is 54.9 Å². The number of benzene rings is 1. The summed E-state index contributed by atoms with van der Waals surface area (Å²) in [6.45, 7) is 19.2. The molecule has 1 unspecified atom stereocenters. The molecule has 0 radical (unpaired) electrons. The van der Waals surface area contributed by atoms with Crippen molar-refractivity contribution in [3.63, 3.8) is 0 Å². The van der Waals surface area contributed by atoms with E-state index in [4.69, 9.17) is 4.43 Å². The van der Waals surface area contributed by atoms with Gasteiger partial charge in [-0.1, -0.05) is 54.8 Å². The Morgan fingerprint density at radius 3 is 1.95 bits per heavy atom. The standard InChI is InChI=1S/C16H26OSi2/c1-8-18(5,6)16(3,4)17-19(7,9-2)15-13-11-10-12-14-15/h8-14H,1-2H2,3-7H3. The van der Waals surface area contributed by atoms with E-state index in [9.17, 15) is 0 Å². The van der Waals surface area contributed by atoms with Crippen molar-refractivity contribution in [1.82, 2.24) is 0 Å². The summed E-state index contributed by atoms with van der Waals surface area (Å²) in [5.41, 5.74) is 4.13. The fourth-order valence-electron chi connectivity index (χ4n) is 1.89. The van der Waals surface area contributed by atoms with Crippen molar-refractivity contribution in [2.24, 2.45) is 0 Å². The van der Waals surface area contributed by atoms with Crippen LogP contribution >= 0.6 is 0 Å². The molecule has 0 bridgehead atoms. The van der Waals surface area contributed by atoms with Gasteiger partial charge in [-0.15, -0.1) is 13.2 Å². The predicted octanol–water partition coefficient (Wildman–Crippen LogP) is 3.96. The van der Waals surface area contributed by atoms with Crippen LogP contribution in [0.1, 0.15) is 13.8 Å². The smallest absolute Gasteiger partial charge is 0.245 e. The average Bonchev–Trinajstić information content (AvgIpc) is 2.39. The molecular weight excluding hydrogens is 264 g/mol. The van der Waals surface area contributed by atoms with Crippen LogP contribution in [0.25, 0.3) is 0 Å². The van der Waals surface area contributed by atoms with E-state index in [1.165, 1.54) is 5.19 Å². The van der Waals surface area contributed by atoms with Gasteiger partial charge in [0.25, 0.3) is 0 Å². The summed E-state index contributed by atoms with van der Waals surface area (Å²) >= 11 is 0. The molecule has 0 saturated carbocycles. The summed E-state index contributed by atoms with van der Waals surface area (Å²) in [6.07, 6.45) is 0. The van der Waals surface area contributed by atoms with E-state index >= 15 is 0 Å². The van der Waals surface area contributed by atoms with Gasteiger partial charge >= 0.3 is 0 Å². The lowest BCUT2D eigenvalue weighted by molar-refractivity contribution is 0.183. The molecule has 1 aromatic carbocycles. The summed E-state index contributed by atoms with van der Waals surface area (Å²) in [6, 6.07) is 10.5. The SMILES string of the molecule is C=C[Si](C)(OC(C)(C)[Si](C)(C)C=C)c1ccccc1. The Balaban J connectivity index is 3.13. The first kappa shape index (κ1) is 16.1. The van der Waals surface area contributed by atoms with Gasteiger partial charge in [-0.3, -0.25) is 0 Å². The Hall–Kier alpha value is -0.906. The molecule has 0 N–H and O–H groups in total. The highest BCUT2D eigenvalue weighted by molar-refractivity contribution is 6.91. The third-order valence-electron chi connectivity index (χ3n) is 4.27. The second kappa shape index (κ2) is 5.61. The van der Waals surface area contributed by atoms with Crippen molar-refractivity contribution in [1.29, 1.82) is 0 Å². The molecule has 0 aromatic heterocycles. The largest absolute Gasteiger partial charge is 0.406 e. The first-order valence-corrected chi connectivity index (χ1v) is 12.3. The van der Waals surface area contributed by atoms with E-state index in [1.54, 1.807) is 0 Å². The highest BCUT2D eigenvalue weighted by atomic mass is 28.4. The molecule has 104 valence electrons. The Kier molecular flexibility index (Phi) is 4.77. The monoisotopic (exact) mass is 290 g/mol. The van der Waals surface area contributed by atoms with E-state index in [-0.39, 0.29) is 5.22 Å². The maximum Gasteiger partial charge on any atom is 0.245 e. The number of hydrogen-bond donors (Lipinski definition) is 0. The summed E-state index contributed by atoms with van der Waals surface area (Å²) in [5, 5.41) is 1.12. The normalized spacial score (nSPS) is 15.6. The maximum atomic E-state index is 6.63. The van der Waals surface area contributed by atoms with Gasteiger partial charge in [0.15, 0.2) is 0 Å². The van der Waals surface area contributed by atoms with Crippen molar-refractivity contribution in [2.75, 3.05) is 0 Å². The molecule has 0 aliphatic carbocycles. The van der Waals surface area contributed by atoms with Gasteiger partial charge in [0.2, 0.25) is 8.32 Å². The van der Waals surface area contributed by atoms with Gasteiger partial charge in [0, 0.05) is 5.22 Å². The summed E-state index contributed by atoms with van der Waals surface area (Å²) in [5.74, 6) is 0. The van der Waals surface area contributed by atoms with Crippen LogP contribution in [0.5, 0.6) is 0 Å². The second-order valence-electron chi connectivity index (χ2n) is 6.22. The number of hydrogen-bond acceptors (Lipinski definition) is 1. The lowest BCUT2D eigenvalue weighted by Gasteiger charge is -2.43. The van der Waals surface area contributed by atoms with Crippen molar-refractivity contribution >= 4 is 21.6 Å². The summed E-state index contributed by atoms with van der Waals surface area (Å²) in [7, 11) is -3.75. The first-order valence-electron chi connectivity index (χ1n) is 6.71. The van der Waals surface area contributed by atoms with E-state index in [0.29, 0.717) is 0 Å². The zero-order valence-corrected chi connectivity index (χ0v) is 14.9. The molecule has 3 heteroatoms. The number of rotatable bonds is 6. The molecule has 1 atom stereocenters. The second-order valence-corrected chi connectivity index (χ2v) is 14.7. The van der Waals surface area contributed by atoms with E-state index < -0.39 is 16.4 Å². The predicted molar refractivity (Wildman–Crippen MR) is 90.7 cm³/mol. The molecule has 19 heavy (non-hydrogen) atoms. The molecule has 0 fully saturated rings. The Bertz CT molecular complexity index is 451. The Morgan fingerprint density at radius 2 is 1.53 bits per heavy atom. The Labute approximate surface area is 120 Å². The van der Waals surface area contributed by atoms with Gasteiger partial charge in [0.1, 0.15) is 8.07 Å². The molecule has 0 spiro atoms. The van der Waals surface area contributed by atoms with Crippen LogP contribution < -0.4 is 5.19 Å². The van der Waals surface area contributed by atoms with Gasteiger partial charge in [-0.05, 0) is 25.6 Å². The lowest BCUT2D eigenvalue weighted by Crippen LogP contribution is -2.60. The zero-order valence-electron chi connectivity index (χ0n) is 12.9. The molecule has 1 aromatic rings. The van der Waals surface area contributed by atoms with E-state index in [2.05, 4.69) is 76.6 Å². The van der Waals surface area contributed by atoms with Crippen LogP contribution in [0.3, 0.4) is 0 Å². The third kappa shape index (κ3) is 3.35. The van der Waals surface area contributed by atoms with Crippen LogP contribution in [0.4, 0.5) is 0 Å². The minimum Gasteiger partial charge on any atom is -0.406 e. The van der Waals surface area contributed by atoms with Gasteiger partial charge in [-0.2, -0.15) is 0 Å². The molecular formula is C16H26OSi2. The first-order chi connectivity index (χ1) is 8.68. The fourth-order valence-corrected chi connectivity index (χ4v) is 6.43. The lowest BCUT2D eigenvalue weighted by atomic mass is 10.4. The highest BCUT2D eigenvalue weighted by Gasteiger charge is 2.43. The Morgan fingerprint density at radius 1 is 1.00 bits per heavy atom. The van der Waals surface area contributed by atoms with Gasteiger partial charge in [0.05, 0.1) is 0 Å². The van der Waals surface area contributed by atoms with Crippen molar-refractivity contribution in [3.05, 3.63) is 54.9 Å². The van der Waals surface area contributed by atoms with Gasteiger partial charge < -0.3 is 4.43 Å². The van der Waals surface area contributed by atoms with E-state index in [0.717, 1.165) is 0 Å². The van der Waals surface area contributed by atoms with Crippen LogP contribution in [-0.2, 0) is 4.43 Å². The zero-order chi connectivity index (χ0) is 14.7. The van der Waals surface area contributed by atoms with Gasteiger partial charge in [-0.25, -0.2) is 0 Å². The molecule has 0 saturated heterocycles. The van der Waals surface area contributed by atoms with Crippen molar-refractivity contribution in [2.45, 2.75) is 38.7 Å².